The number of benzene rings is 1. The van der Waals surface area contributed by atoms with Gasteiger partial charge in [-0.15, -0.1) is 0 Å². The number of hydrogen-bond donors (Lipinski definition) is 0. The van der Waals surface area contributed by atoms with Gasteiger partial charge < -0.3 is 0 Å². The third-order valence-corrected chi connectivity index (χ3v) is 7.69. The van der Waals surface area contributed by atoms with Crippen molar-refractivity contribution in [2.75, 3.05) is 6.26 Å². The fourth-order valence-electron chi connectivity index (χ4n) is 4.39. The quantitative estimate of drug-likeness (QED) is 0.169. The molecular formula is C29H43NO3S. The van der Waals surface area contributed by atoms with Crippen LogP contribution in [0.5, 0.6) is 0 Å². The number of rotatable bonds is 17. The van der Waals surface area contributed by atoms with Crippen LogP contribution in [0.15, 0.2) is 47.5 Å². The van der Waals surface area contributed by atoms with Gasteiger partial charge in [-0.05, 0) is 37.1 Å². The Morgan fingerprint density at radius 2 is 1.32 bits per heavy atom. The second-order valence-corrected chi connectivity index (χ2v) is 11.6. The molecule has 1 aromatic heterocycles. The second-order valence-electron chi connectivity index (χ2n) is 9.62. The lowest BCUT2D eigenvalue weighted by Gasteiger charge is -2.17. The number of carbonyl (C=O) groups is 1. The number of aryl methyl sites for hydroxylation is 1. The summed E-state index contributed by atoms with van der Waals surface area (Å²) in [4.78, 5) is 18.0. The van der Waals surface area contributed by atoms with E-state index in [1.165, 1.54) is 82.6 Å². The highest BCUT2D eigenvalue weighted by Gasteiger charge is 2.22. The summed E-state index contributed by atoms with van der Waals surface area (Å²) in [6.45, 7) is 4.20. The van der Waals surface area contributed by atoms with Crippen LogP contribution in [-0.4, -0.2) is 25.4 Å². The summed E-state index contributed by atoms with van der Waals surface area (Å²) >= 11 is 0. The largest absolute Gasteiger partial charge is 0.293 e. The third-order valence-electron chi connectivity index (χ3n) is 6.57. The van der Waals surface area contributed by atoms with Gasteiger partial charge in [-0.3, -0.25) is 9.78 Å². The van der Waals surface area contributed by atoms with E-state index < -0.39 is 9.84 Å². The number of unbranched alkanes of at least 4 members (excludes halogenated alkanes) is 11. The summed E-state index contributed by atoms with van der Waals surface area (Å²) in [7, 11) is -3.28. The fraction of sp³-hybridized carbons (Fsp3) is 0.586. The fourth-order valence-corrected chi connectivity index (χ4v) is 5.02. The molecule has 2 rings (SSSR count). The van der Waals surface area contributed by atoms with Gasteiger partial charge in [-0.1, -0.05) is 102 Å². The summed E-state index contributed by atoms with van der Waals surface area (Å²) in [5.74, 6) is -0.214. The zero-order valence-corrected chi connectivity index (χ0v) is 22.2. The van der Waals surface area contributed by atoms with Crippen LogP contribution in [-0.2, 0) is 9.84 Å². The van der Waals surface area contributed by atoms with E-state index in [-0.39, 0.29) is 16.6 Å². The van der Waals surface area contributed by atoms with Crippen molar-refractivity contribution in [3.63, 3.8) is 0 Å². The lowest BCUT2D eigenvalue weighted by atomic mass is 9.87. The average Bonchev–Trinajstić information content (AvgIpc) is 2.82. The summed E-state index contributed by atoms with van der Waals surface area (Å²) in [5, 5.41) is 0. The van der Waals surface area contributed by atoms with Crippen LogP contribution < -0.4 is 0 Å². The molecule has 34 heavy (non-hydrogen) atoms. The van der Waals surface area contributed by atoms with E-state index in [9.17, 15) is 13.2 Å². The topological polar surface area (TPSA) is 64.1 Å². The Hall–Kier alpha value is -2.01. The van der Waals surface area contributed by atoms with E-state index in [0.717, 1.165) is 30.5 Å². The van der Waals surface area contributed by atoms with Gasteiger partial charge in [0.1, 0.15) is 0 Å². The van der Waals surface area contributed by atoms with Crippen LogP contribution in [0.2, 0.25) is 0 Å². The van der Waals surface area contributed by atoms with Gasteiger partial charge in [-0.25, -0.2) is 8.42 Å². The van der Waals surface area contributed by atoms with E-state index in [2.05, 4.69) is 11.9 Å². The number of carbonyl (C=O) groups excluding carboxylic acids is 1. The number of pyridine rings is 1. The highest BCUT2D eigenvalue weighted by atomic mass is 32.2. The maximum atomic E-state index is 13.3. The Morgan fingerprint density at radius 1 is 0.794 bits per heavy atom. The van der Waals surface area contributed by atoms with Crippen LogP contribution in [0.4, 0.5) is 0 Å². The molecule has 0 amide bonds. The molecule has 5 heteroatoms. The summed E-state index contributed by atoms with van der Waals surface area (Å²) in [6.07, 6.45) is 19.2. The maximum Gasteiger partial charge on any atom is 0.175 e. The van der Waals surface area contributed by atoms with Gasteiger partial charge in [0, 0.05) is 29.6 Å². The number of nitrogens with zero attached hydrogens (tertiary/aromatic N) is 1. The van der Waals surface area contributed by atoms with Crippen molar-refractivity contribution in [1.29, 1.82) is 0 Å². The molecule has 0 spiro atoms. The third kappa shape index (κ3) is 10.1. The zero-order valence-electron chi connectivity index (χ0n) is 21.4. The van der Waals surface area contributed by atoms with Crippen LogP contribution in [0.3, 0.4) is 0 Å². The average molecular weight is 486 g/mol. The van der Waals surface area contributed by atoms with Crippen LogP contribution in [0, 0.1) is 6.92 Å². The molecule has 0 aliphatic carbocycles. The Morgan fingerprint density at radius 3 is 1.79 bits per heavy atom. The predicted molar refractivity (Wildman–Crippen MR) is 141 cm³/mol. The number of hydrogen-bond acceptors (Lipinski definition) is 4. The van der Waals surface area contributed by atoms with Crippen molar-refractivity contribution in [2.45, 2.75) is 108 Å². The molecule has 4 nitrogen and oxygen atoms in total. The van der Waals surface area contributed by atoms with E-state index in [1.807, 2.05) is 25.3 Å². The molecule has 0 saturated carbocycles. The minimum absolute atomic E-state index is 0.0359. The Labute approximate surface area is 207 Å². The summed E-state index contributed by atoms with van der Waals surface area (Å²) in [6, 6.07) is 10.3. The van der Waals surface area contributed by atoms with E-state index in [0.29, 0.717) is 5.56 Å². The molecule has 188 valence electrons. The molecule has 0 radical (unpaired) electrons. The minimum Gasteiger partial charge on any atom is -0.293 e. The molecule has 0 saturated heterocycles. The molecule has 0 bridgehead atoms. The molecule has 1 unspecified atom stereocenters. The highest BCUT2D eigenvalue weighted by Crippen LogP contribution is 2.27. The number of ketones is 1. The molecule has 0 N–H and O–H groups in total. The lowest BCUT2D eigenvalue weighted by Crippen LogP contribution is -2.14. The first-order valence-corrected chi connectivity index (χ1v) is 15.0. The molecule has 2 aromatic rings. The SMILES string of the molecule is CCCCCCCCCCCCCCC(C(=O)c1ccc(S(C)(=O)=O)cc1)c1ccc(C)nc1. The van der Waals surface area contributed by atoms with Gasteiger partial charge in [0.05, 0.1) is 4.90 Å². The smallest absolute Gasteiger partial charge is 0.175 e. The zero-order chi connectivity index (χ0) is 24.8. The van der Waals surface area contributed by atoms with Crippen molar-refractivity contribution in [2.24, 2.45) is 0 Å². The minimum atomic E-state index is -3.28. The van der Waals surface area contributed by atoms with E-state index >= 15 is 0 Å². The number of Topliss-reactive ketones (excluding diaryl/α,β-unsaturated/α-hetero) is 1. The van der Waals surface area contributed by atoms with Crippen LogP contribution in [0.1, 0.15) is 118 Å². The Kier molecular flexibility index (Phi) is 12.5. The van der Waals surface area contributed by atoms with E-state index in [4.69, 9.17) is 0 Å². The highest BCUT2D eigenvalue weighted by molar-refractivity contribution is 7.90. The van der Waals surface area contributed by atoms with Crippen molar-refractivity contribution in [3.05, 3.63) is 59.4 Å². The van der Waals surface area contributed by atoms with Gasteiger partial charge in [0.15, 0.2) is 15.6 Å². The van der Waals surface area contributed by atoms with Gasteiger partial charge in [-0.2, -0.15) is 0 Å². The van der Waals surface area contributed by atoms with Crippen LogP contribution in [0.25, 0.3) is 0 Å². The van der Waals surface area contributed by atoms with Crippen molar-refractivity contribution in [1.82, 2.24) is 4.98 Å². The van der Waals surface area contributed by atoms with E-state index in [1.54, 1.807) is 12.1 Å². The molecule has 0 aliphatic rings. The number of sulfone groups is 1. The molecule has 0 aliphatic heterocycles. The molecule has 0 fully saturated rings. The Bertz CT molecular complexity index is 950. The molecule has 1 heterocycles. The first-order valence-electron chi connectivity index (χ1n) is 13.1. The first-order chi connectivity index (χ1) is 16.3. The van der Waals surface area contributed by atoms with Crippen molar-refractivity contribution < 1.29 is 13.2 Å². The standard InChI is InChI=1S/C29H43NO3S/c1-4-5-6-7-8-9-10-11-12-13-14-15-16-28(26-18-17-24(2)30-23-26)29(31)25-19-21-27(22-20-25)34(3,32)33/h17-23,28H,4-16H2,1-3H3. The van der Waals surface area contributed by atoms with Gasteiger partial charge in [0.2, 0.25) is 0 Å². The lowest BCUT2D eigenvalue weighted by molar-refractivity contribution is 0.0953. The molecular weight excluding hydrogens is 442 g/mol. The van der Waals surface area contributed by atoms with Gasteiger partial charge in [0.25, 0.3) is 0 Å². The first kappa shape index (κ1) is 28.2. The van der Waals surface area contributed by atoms with Crippen molar-refractivity contribution in [3.8, 4) is 0 Å². The second kappa shape index (κ2) is 15.1. The number of aromatic nitrogens is 1. The van der Waals surface area contributed by atoms with Crippen molar-refractivity contribution >= 4 is 15.6 Å². The predicted octanol–water partition coefficient (Wildman–Crippen LogP) is 7.85. The Balaban J connectivity index is 1.84. The summed E-state index contributed by atoms with van der Waals surface area (Å²) in [5.41, 5.74) is 2.42. The summed E-state index contributed by atoms with van der Waals surface area (Å²) < 4.78 is 23.5. The monoisotopic (exact) mass is 485 g/mol. The van der Waals surface area contributed by atoms with Crippen LogP contribution >= 0.6 is 0 Å². The maximum absolute atomic E-state index is 13.3. The van der Waals surface area contributed by atoms with Gasteiger partial charge >= 0.3 is 0 Å². The molecule has 1 atom stereocenters. The molecule has 1 aromatic carbocycles. The normalized spacial score (nSPS) is 12.6.